The largest absolute Gasteiger partial charge is 0.497 e. The van der Waals surface area contributed by atoms with Gasteiger partial charge in [0.2, 0.25) is 0 Å². The van der Waals surface area contributed by atoms with E-state index in [4.69, 9.17) is 9.47 Å². The average Bonchev–Trinajstić information content (AvgIpc) is 3.14. The number of nitrogens with one attached hydrogen (secondary N) is 1. The second-order valence-corrected chi connectivity index (χ2v) is 8.00. The molecule has 0 radical (unpaired) electrons. The number of carbonyl (C=O) groups is 1. The predicted octanol–water partition coefficient (Wildman–Crippen LogP) is 5.00. The van der Waals surface area contributed by atoms with Gasteiger partial charge in [0, 0.05) is 41.7 Å². The van der Waals surface area contributed by atoms with Crippen molar-refractivity contribution in [1.82, 2.24) is 9.88 Å². The van der Waals surface area contributed by atoms with Crippen LogP contribution in [0.2, 0.25) is 0 Å². The van der Waals surface area contributed by atoms with Gasteiger partial charge in [-0.15, -0.1) is 0 Å². The summed E-state index contributed by atoms with van der Waals surface area (Å²) in [5.74, 6) is 0.561. The zero-order valence-electron chi connectivity index (χ0n) is 19.1. The number of aryl methyl sites for hydroxylation is 1. The summed E-state index contributed by atoms with van der Waals surface area (Å²) in [6.45, 7) is 3.45. The highest BCUT2D eigenvalue weighted by molar-refractivity contribution is 5.98. The third-order valence-corrected chi connectivity index (χ3v) is 5.84. The molecule has 0 saturated heterocycles. The molecule has 0 fully saturated rings. The molecule has 1 heterocycles. The lowest BCUT2D eigenvalue weighted by Gasteiger charge is -2.12. The molecule has 4 rings (SSSR count). The maximum absolute atomic E-state index is 12.4. The van der Waals surface area contributed by atoms with Gasteiger partial charge in [0.05, 0.1) is 14.2 Å². The van der Waals surface area contributed by atoms with Gasteiger partial charge in [0.15, 0.2) is 0 Å². The third kappa shape index (κ3) is 4.71. The van der Waals surface area contributed by atoms with E-state index in [9.17, 15) is 9.90 Å². The summed E-state index contributed by atoms with van der Waals surface area (Å²) in [7, 11) is 3.26. The molecule has 0 saturated carbocycles. The predicted molar refractivity (Wildman–Crippen MR) is 129 cm³/mol. The van der Waals surface area contributed by atoms with E-state index in [1.165, 1.54) is 5.56 Å². The molecule has 0 unspecified atom stereocenters. The number of methoxy groups -OCH3 is 2. The first-order valence-electron chi connectivity index (χ1n) is 10.8. The second-order valence-electron chi connectivity index (χ2n) is 8.00. The van der Waals surface area contributed by atoms with Crippen molar-refractivity contribution in [3.05, 3.63) is 94.7 Å². The van der Waals surface area contributed by atoms with Crippen LogP contribution in [0.5, 0.6) is 11.5 Å². The van der Waals surface area contributed by atoms with Gasteiger partial charge in [0.25, 0.3) is 0 Å². The normalized spacial score (nSPS) is 11.0. The van der Waals surface area contributed by atoms with Gasteiger partial charge in [-0.25, -0.2) is 4.79 Å². The van der Waals surface area contributed by atoms with E-state index in [1.807, 2.05) is 78.2 Å². The van der Waals surface area contributed by atoms with Gasteiger partial charge >= 0.3 is 5.97 Å². The van der Waals surface area contributed by atoms with E-state index in [1.54, 1.807) is 14.2 Å². The number of aromatic nitrogens is 1. The van der Waals surface area contributed by atoms with Crippen molar-refractivity contribution in [2.24, 2.45) is 0 Å². The van der Waals surface area contributed by atoms with Crippen LogP contribution in [0.25, 0.3) is 10.9 Å². The molecule has 0 spiro atoms. The van der Waals surface area contributed by atoms with Crippen molar-refractivity contribution >= 4 is 16.9 Å². The topological polar surface area (TPSA) is 72.7 Å². The maximum atomic E-state index is 12.4. The number of aromatic carboxylic acids is 1. The molecule has 33 heavy (non-hydrogen) atoms. The van der Waals surface area contributed by atoms with Crippen LogP contribution in [0.15, 0.2) is 66.7 Å². The number of carboxylic acids is 1. The van der Waals surface area contributed by atoms with Crippen molar-refractivity contribution in [2.45, 2.75) is 26.6 Å². The zero-order valence-corrected chi connectivity index (χ0v) is 19.1. The van der Waals surface area contributed by atoms with Crippen molar-refractivity contribution in [1.29, 1.82) is 0 Å². The summed E-state index contributed by atoms with van der Waals surface area (Å²) in [4.78, 5) is 12.4. The first-order valence-corrected chi connectivity index (χ1v) is 10.8. The molecule has 4 aromatic rings. The minimum Gasteiger partial charge on any atom is -0.497 e. The standard InChI is InChI=1S/C27H28N2O4/c1-18-8-10-19(11-9-18)17-29-24-7-5-4-6-22(24)23(26(29)27(30)31)16-28-15-20-14-21(32-2)12-13-25(20)33-3/h4-14,28H,15-17H2,1-3H3,(H,30,31). The van der Waals surface area contributed by atoms with Gasteiger partial charge in [-0.05, 0) is 36.8 Å². The molecule has 2 N–H and O–H groups in total. The van der Waals surface area contributed by atoms with Crippen LogP contribution in [0, 0.1) is 6.92 Å². The first kappa shape index (κ1) is 22.4. The molecule has 0 bridgehead atoms. The van der Waals surface area contributed by atoms with Crippen LogP contribution < -0.4 is 14.8 Å². The Morgan fingerprint density at radius 1 is 0.970 bits per heavy atom. The van der Waals surface area contributed by atoms with Crippen LogP contribution in [0.3, 0.4) is 0 Å². The summed E-state index contributed by atoms with van der Waals surface area (Å²) in [6.07, 6.45) is 0. The highest BCUT2D eigenvalue weighted by Crippen LogP contribution is 2.28. The lowest BCUT2D eigenvalue weighted by molar-refractivity contribution is 0.0684. The Balaban J connectivity index is 1.67. The maximum Gasteiger partial charge on any atom is 0.352 e. The van der Waals surface area contributed by atoms with Gasteiger partial charge in [-0.2, -0.15) is 0 Å². The Bertz CT molecular complexity index is 1280. The number of rotatable bonds is 9. The molecule has 0 amide bonds. The van der Waals surface area contributed by atoms with E-state index < -0.39 is 5.97 Å². The number of carboxylic acid groups (broad SMARTS) is 1. The average molecular weight is 445 g/mol. The molecular weight excluding hydrogens is 416 g/mol. The summed E-state index contributed by atoms with van der Waals surface area (Å²) in [5.41, 5.74) is 5.16. The number of hydrogen-bond acceptors (Lipinski definition) is 4. The minimum atomic E-state index is -0.936. The molecule has 0 aliphatic carbocycles. The van der Waals surface area contributed by atoms with Gasteiger partial charge < -0.3 is 24.5 Å². The quantitative estimate of drug-likeness (QED) is 0.380. The van der Waals surface area contributed by atoms with E-state index in [0.29, 0.717) is 25.3 Å². The molecule has 0 aliphatic heterocycles. The molecule has 6 heteroatoms. The van der Waals surface area contributed by atoms with Gasteiger partial charge in [-0.1, -0.05) is 48.0 Å². The van der Waals surface area contributed by atoms with Crippen molar-refractivity contribution in [2.75, 3.05) is 14.2 Å². The van der Waals surface area contributed by atoms with E-state index in [0.717, 1.165) is 39.1 Å². The number of benzene rings is 3. The van der Waals surface area contributed by atoms with Crippen LogP contribution in [-0.4, -0.2) is 29.9 Å². The molecule has 0 atom stereocenters. The fraction of sp³-hybridized carbons (Fsp3) is 0.222. The third-order valence-electron chi connectivity index (χ3n) is 5.84. The smallest absolute Gasteiger partial charge is 0.352 e. The molecule has 6 nitrogen and oxygen atoms in total. The summed E-state index contributed by atoms with van der Waals surface area (Å²) >= 11 is 0. The van der Waals surface area contributed by atoms with E-state index in [2.05, 4.69) is 5.32 Å². The van der Waals surface area contributed by atoms with Gasteiger partial charge in [0.1, 0.15) is 17.2 Å². The Morgan fingerprint density at radius 3 is 2.42 bits per heavy atom. The van der Waals surface area contributed by atoms with Crippen LogP contribution in [0.1, 0.15) is 32.7 Å². The van der Waals surface area contributed by atoms with E-state index >= 15 is 0 Å². The lowest BCUT2D eigenvalue weighted by atomic mass is 10.1. The molecular formula is C27H28N2O4. The monoisotopic (exact) mass is 444 g/mol. The highest BCUT2D eigenvalue weighted by Gasteiger charge is 2.22. The zero-order chi connectivity index (χ0) is 23.4. The number of fused-ring (bicyclic) bond motifs is 1. The van der Waals surface area contributed by atoms with E-state index in [-0.39, 0.29) is 0 Å². The molecule has 1 aromatic heterocycles. The lowest BCUT2D eigenvalue weighted by Crippen LogP contribution is -2.17. The van der Waals surface area contributed by atoms with Crippen molar-refractivity contribution in [3.63, 3.8) is 0 Å². The summed E-state index contributed by atoms with van der Waals surface area (Å²) in [6, 6.07) is 21.7. The Morgan fingerprint density at radius 2 is 1.73 bits per heavy atom. The Kier molecular flexibility index (Phi) is 6.66. The molecule has 3 aromatic carbocycles. The Labute approximate surface area is 193 Å². The number of hydrogen-bond donors (Lipinski definition) is 2. The van der Waals surface area contributed by atoms with Crippen molar-refractivity contribution in [3.8, 4) is 11.5 Å². The van der Waals surface area contributed by atoms with Gasteiger partial charge in [-0.3, -0.25) is 0 Å². The first-order chi connectivity index (χ1) is 16.0. The summed E-state index contributed by atoms with van der Waals surface area (Å²) < 4.78 is 12.7. The number of ether oxygens (including phenoxy) is 2. The Hall–Kier alpha value is -3.77. The minimum absolute atomic E-state index is 0.307. The fourth-order valence-corrected chi connectivity index (χ4v) is 4.18. The van der Waals surface area contributed by atoms with Crippen LogP contribution in [-0.2, 0) is 19.6 Å². The van der Waals surface area contributed by atoms with Crippen LogP contribution >= 0.6 is 0 Å². The SMILES string of the molecule is COc1ccc(OC)c(CNCc2c(C(=O)O)n(Cc3ccc(C)cc3)c3ccccc23)c1. The number of para-hydroxylation sites is 1. The highest BCUT2D eigenvalue weighted by atomic mass is 16.5. The molecule has 170 valence electrons. The molecule has 0 aliphatic rings. The summed E-state index contributed by atoms with van der Waals surface area (Å²) in [5, 5.41) is 14.5. The van der Waals surface area contributed by atoms with Crippen molar-refractivity contribution < 1.29 is 19.4 Å². The second kappa shape index (κ2) is 9.79. The van der Waals surface area contributed by atoms with Crippen LogP contribution in [0.4, 0.5) is 0 Å². The fourth-order valence-electron chi connectivity index (χ4n) is 4.18. The number of nitrogens with zero attached hydrogens (tertiary/aromatic N) is 1.